The number of hydrogen-bond donors (Lipinski definition) is 1. The molecule has 18 heavy (non-hydrogen) atoms. The third-order valence-electron chi connectivity index (χ3n) is 2.74. The lowest BCUT2D eigenvalue weighted by molar-refractivity contribution is -0.116. The summed E-state index contributed by atoms with van der Waals surface area (Å²) in [6.07, 6.45) is 9.25. The first-order chi connectivity index (χ1) is 8.72. The van der Waals surface area contributed by atoms with Gasteiger partial charge in [-0.25, -0.2) is 0 Å². The van der Waals surface area contributed by atoms with Crippen LogP contribution in [0.1, 0.15) is 50.5 Å². The van der Waals surface area contributed by atoms with Crippen molar-refractivity contribution < 1.29 is 9.21 Å². The fourth-order valence-corrected chi connectivity index (χ4v) is 1.70. The molecule has 0 unspecified atom stereocenters. The topological polar surface area (TPSA) is 42.2 Å². The summed E-state index contributed by atoms with van der Waals surface area (Å²) >= 11 is 0. The van der Waals surface area contributed by atoms with Gasteiger partial charge in [0.15, 0.2) is 0 Å². The van der Waals surface area contributed by atoms with E-state index in [1.54, 1.807) is 6.08 Å². The van der Waals surface area contributed by atoms with E-state index < -0.39 is 0 Å². The lowest BCUT2D eigenvalue weighted by Crippen LogP contribution is -2.21. The van der Waals surface area contributed by atoms with Gasteiger partial charge < -0.3 is 9.73 Å². The van der Waals surface area contributed by atoms with E-state index in [4.69, 9.17) is 4.42 Å². The Labute approximate surface area is 109 Å². The molecule has 0 radical (unpaired) electrons. The maximum absolute atomic E-state index is 11.5. The number of aryl methyl sites for hydroxylation is 1. The molecule has 100 valence electrons. The van der Waals surface area contributed by atoms with Crippen LogP contribution < -0.4 is 5.32 Å². The van der Waals surface area contributed by atoms with Crippen molar-refractivity contribution in [2.24, 2.45) is 0 Å². The van der Waals surface area contributed by atoms with Gasteiger partial charge in [-0.15, -0.1) is 0 Å². The van der Waals surface area contributed by atoms with E-state index in [1.807, 2.05) is 19.1 Å². The summed E-state index contributed by atoms with van der Waals surface area (Å²) in [6, 6.07) is 3.73. The Morgan fingerprint density at radius 2 is 2.06 bits per heavy atom. The van der Waals surface area contributed by atoms with Crippen LogP contribution in [0.25, 0.3) is 6.08 Å². The number of amides is 1. The molecule has 3 nitrogen and oxygen atoms in total. The van der Waals surface area contributed by atoms with Gasteiger partial charge in [-0.2, -0.15) is 0 Å². The van der Waals surface area contributed by atoms with E-state index >= 15 is 0 Å². The zero-order valence-electron chi connectivity index (χ0n) is 11.4. The molecule has 1 heterocycles. The smallest absolute Gasteiger partial charge is 0.244 e. The number of unbranched alkanes of at least 4 members (excludes halogenated alkanes) is 4. The fourth-order valence-electron chi connectivity index (χ4n) is 1.70. The number of rotatable bonds is 8. The number of furan rings is 1. The molecule has 0 bridgehead atoms. The monoisotopic (exact) mass is 249 g/mol. The van der Waals surface area contributed by atoms with E-state index in [0.29, 0.717) is 5.76 Å². The van der Waals surface area contributed by atoms with E-state index in [1.165, 1.54) is 31.8 Å². The second-order valence-corrected chi connectivity index (χ2v) is 4.49. The molecule has 0 atom stereocenters. The van der Waals surface area contributed by atoms with Gasteiger partial charge in [0.05, 0.1) is 0 Å². The van der Waals surface area contributed by atoms with Crippen LogP contribution in [-0.4, -0.2) is 12.5 Å². The van der Waals surface area contributed by atoms with Crippen LogP contribution >= 0.6 is 0 Å². The minimum absolute atomic E-state index is 0.0560. The van der Waals surface area contributed by atoms with Gasteiger partial charge in [-0.05, 0) is 31.6 Å². The number of carbonyl (C=O) groups is 1. The van der Waals surface area contributed by atoms with Crippen LogP contribution in [0.15, 0.2) is 22.6 Å². The average Bonchev–Trinajstić information content (AvgIpc) is 2.77. The summed E-state index contributed by atoms with van der Waals surface area (Å²) in [5.74, 6) is 1.51. The number of hydrogen-bond acceptors (Lipinski definition) is 2. The summed E-state index contributed by atoms with van der Waals surface area (Å²) in [7, 11) is 0. The van der Waals surface area contributed by atoms with Crippen molar-refractivity contribution in [2.45, 2.75) is 46.0 Å². The van der Waals surface area contributed by atoms with Gasteiger partial charge in [-0.1, -0.05) is 32.6 Å². The molecule has 0 aromatic carbocycles. The van der Waals surface area contributed by atoms with Gasteiger partial charge >= 0.3 is 0 Å². The van der Waals surface area contributed by atoms with Crippen LogP contribution in [0, 0.1) is 6.92 Å². The maximum Gasteiger partial charge on any atom is 0.244 e. The lowest BCUT2D eigenvalue weighted by atomic mass is 10.1. The van der Waals surface area contributed by atoms with Crippen molar-refractivity contribution >= 4 is 12.0 Å². The molecule has 0 saturated heterocycles. The molecule has 1 N–H and O–H groups in total. The normalized spacial score (nSPS) is 11.0. The second kappa shape index (κ2) is 8.56. The summed E-state index contributed by atoms with van der Waals surface area (Å²) in [4.78, 5) is 11.5. The molecule has 0 aliphatic carbocycles. The largest absolute Gasteiger partial charge is 0.462 e. The molecule has 3 heteroatoms. The summed E-state index contributed by atoms with van der Waals surface area (Å²) < 4.78 is 5.34. The first-order valence-electron chi connectivity index (χ1n) is 6.74. The Balaban J connectivity index is 2.12. The zero-order chi connectivity index (χ0) is 13.2. The van der Waals surface area contributed by atoms with Gasteiger partial charge in [0, 0.05) is 12.6 Å². The second-order valence-electron chi connectivity index (χ2n) is 4.49. The first-order valence-corrected chi connectivity index (χ1v) is 6.74. The number of nitrogens with one attached hydrogen (secondary N) is 1. The molecular weight excluding hydrogens is 226 g/mol. The van der Waals surface area contributed by atoms with Crippen LogP contribution in [0.5, 0.6) is 0 Å². The third-order valence-corrected chi connectivity index (χ3v) is 2.74. The standard InChI is InChI=1S/C15H23NO2/c1-3-4-5-6-7-12-16-15(17)11-10-14-9-8-13(2)18-14/h8-11H,3-7,12H2,1-2H3,(H,16,17)/b11-10+. The highest BCUT2D eigenvalue weighted by molar-refractivity contribution is 5.91. The van der Waals surface area contributed by atoms with Crippen LogP contribution in [0.2, 0.25) is 0 Å². The molecule has 0 saturated carbocycles. The van der Waals surface area contributed by atoms with E-state index in [0.717, 1.165) is 18.7 Å². The van der Waals surface area contributed by atoms with Gasteiger partial charge in [0.25, 0.3) is 0 Å². The summed E-state index contributed by atoms with van der Waals surface area (Å²) in [5.41, 5.74) is 0. The quantitative estimate of drug-likeness (QED) is 0.564. The van der Waals surface area contributed by atoms with E-state index in [2.05, 4.69) is 12.2 Å². The van der Waals surface area contributed by atoms with Crippen molar-refractivity contribution in [1.29, 1.82) is 0 Å². The molecule has 0 spiro atoms. The van der Waals surface area contributed by atoms with Crippen molar-refractivity contribution in [3.05, 3.63) is 29.7 Å². The van der Waals surface area contributed by atoms with Crippen molar-refractivity contribution in [3.8, 4) is 0 Å². The Morgan fingerprint density at radius 1 is 1.28 bits per heavy atom. The lowest BCUT2D eigenvalue weighted by Gasteiger charge is -2.01. The van der Waals surface area contributed by atoms with Gasteiger partial charge in [0.2, 0.25) is 5.91 Å². The number of carbonyl (C=O) groups excluding carboxylic acids is 1. The molecule has 1 amide bonds. The van der Waals surface area contributed by atoms with Gasteiger partial charge in [-0.3, -0.25) is 4.79 Å². The average molecular weight is 249 g/mol. The maximum atomic E-state index is 11.5. The molecule has 0 fully saturated rings. The SMILES string of the molecule is CCCCCCCNC(=O)/C=C/c1ccc(C)o1. The minimum atomic E-state index is -0.0560. The molecule has 1 rings (SSSR count). The third kappa shape index (κ3) is 6.28. The Hall–Kier alpha value is -1.51. The summed E-state index contributed by atoms with van der Waals surface area (Å²) in [6.45, 7) is 4.83. The molecule has 1 aromatic heterocycles. The highest BCUT2D eigenvalue weighted by atomic mass is 16.3. The van der Waals surface area contributed by atoms with Crippen molar-refractivity contribution in [3.63, 3.8) is 0 Å². The Morgan fingerprint density at radius 3 is 2.72 bits per heavy atom. The Bertz CT molecular complexity index is 380. The minimum Gasteiger partial charge on any atom is -0.462 e. The van der Waals surface area contributed by atoms with Crippen molar-refractivity contribution in [2.75, 3.05) is 6.54 Å². The van der Waals surface area contributed by atoms with E-state index in [9.17, 15) is 4.79 Å². The molecular formula is C15H23NO2. The fraction of sp³-hybridized carbons (Fsp3) is 0.533. The van der Waals surface area contributed by atoms with Gasteiger partial charge in [0.1, 0.15) is 11.5 Å². The first kappa shape index (κ1) is 14.6. The van der Waals surface area contributed by atoms with Crippen LogP contribution in [0.3, 0.4) is 0 Å². The molecule has 0 aliphatic heterocycles. The summed E-state index contributed by atoms with van der Waals surface area (Å²) in [5, 5.41) is 2.87. The molecule has 0 aliphatic rings. The Kier molecular flexibility index (Phi) is 6.92. The highest BCUT2D eigenvalue weighted by Gasteiger charge is 1.97. The van der Waals surface area contributed by atoms with Crippen molar-refractivity contribution in [1.82, 2.24) is 5.32 Å². The predicted octanol–water partition coefficient (Wildman–Crippen LogP) is 3.69. The molecule has 1 aromatic rings. The highest BCUT2D eigenvalue weighted by Crippen LogP contribution is 2.07. The van der Waals surface area contributed by atoms with E-state index in [-0.39, 0.29) is 5.91 Å². The van der Waals surface area contributed by atoms with Crippen LogP contribution in [0.4, 0.5) is 0 Å². The predicted molar refractivity (Wildman–Crippen MR) is 74.2 cm³/mol. The van der Waals surface area contributed by atoms with Crippen LogP contribution in [-0.2, 0) is 4.79 Å². The zero-order valence-corrected chi connectivity index (χ0v) is 11.4.